The highest BCUT2D eigenvalue weighted by Gasteiger charge is 2.23. The van der Waals surface area contributed by atoms with Gasteiger partial charge >= 0.3 is 0 Å². The monoisotopic (exact) mass is 216 g/mol. The number of unbranched alkanes of at least 4 members (excludes halogenated alkanes) is 1. The Bertz CT molecular complexity index is 153. The normalized spacial score (nSPS) is 15.6. The summed E-state index contributed by atoms with van der Waals surface area (Å²) in [5.41, 5.74) is -0.154. The van der Waals surface area contributed by atoms with Gasteiger partial charge in [0.15, 0.2) is 0 Å². The van der Waals surface area contributed by atoms with Crippen molar-refractivity contribution in [3.8, 4) is 0 Å². The first-order valence-electron chi connectivity index (χ1n) is 6.12. The van der Waals surface area contributed by atoms with Crippen molar-refractivity contribution < 1.29 is 5.11 Å². The Morgan fingerprint density at radius 3 is 2.40 bits per heavy atom. The third-order valence-electron chi connectivity index (χ3n) is 2.66. The zero-order valence-corrected chi connectivity index (χ0v) is 10.8. The van der Waals surface area contributed by atoms with E-state index in [-0.39, 0.29) is 12.1 Å². The second kappa shape index (κ2) is 8.08. The van der Waals surface area contributed by atoms with E-state index in [1.807, 2.05) is 0 Å². The van der Waals surface area contributed by atoms with Crippen molar-refractivity contribution in [2.75, 3.05) is 33.3 Å². The SMILES string of the molecule is CCCCN(C)CC(C)(CO)NCCC. The van der Waals surface area contributed by atoms with Crippen LogP contribution in [-0.2, 0) is 0 Å². The topological polar surface area (TPSA) is 35.5 Å². The fourth-order valence-electron chi connectivity index (χ4n) is 1.69. The molecule has 2 N–H and O–H groups in total. The summed E-state index contributed by atoms with van der Waals surface area (Å²) in [6, 6.07) is 0. The molecule has 0 amide bonds. The summed E-state index contributed by atoms with van der Waals surface area (Å²) < 4.78 is 0. The van der Waals surface area contributed by atoms with Gasteiger partial charge in [0.05, 0.1) is 12.1 Å². The summed E-state index contributed by atoms with van der Waals surface area (Å²) in [7, 11) is 2.12. The standard InChI is InChI=1S/C12H28N2O/c1-5-7-9-14(4)10-12(3,11-15)13-8-6-2/h13,15H,5-11H2,1-4H3. The molecule has 0 radical (unpaired) electrons. The first-order chi connectivity index (χ1) is 7.08. The van der Waals surface area contributed by atoms with E-state index < -0.39 is 0 Å². The maximum atomic E-state index is 9.40. The van der Waals surface area contributed by atoms with Crippen molar-refractivity contribution >= 4 is 0 Å². The zero-order chi connectivity index (χ0) is 11.7. The average molecular weight is 216 g/mol. The van der Waals surface area contributed by atoms with Gasteiger partial charge in [-0.3, -0.25) is 0 Å². The molecule has 0 fully saturated rings. The molecule has 0 aliphatic heterocycles. The average Bonchev–Trinajstić information content (AvgIpc) is 2.23. The van der Waals surface area contributed by atoms with Crippen molar-refractivity contribution in [1.82, 2.24) is 10.2 Å². The minimum Gasteiger partial charge on any atom is -0.394 e. The molecule has 0 saturated heterocycles. The Balaban J connectivity index is 3.93. The van der Waals surface area contributed by atoms with Crippen LogP contribution in [0, 0.1) is 0 Å². The highest BCUT2D eigenvalue weighted by Crippen LogP contribution is 2.06. The highest BCUT2D eigenvalue weighted by molar-refractivity contribution is 4.85. The number of hydrogen-bond acceptors (Lipinski definition) is 3. The van der Waals surface area contributed by atoms with Gasteiger partial charge < -0.3 is 15.3 Å². The molecule has 0 bridgehead atoms. The van der Waals surface area contributed by atoms with Gasteiger partial charge in [0.25, 0.3) is 0 Å². The predicted molar refractivity (Wildman–Crippen MR) is 66.2 cm³/mol. The van der Waals surface area contributed by atoms with E-state index in [1.54, 1.807) is 0 Å². The number of rotatable bonds is 9. The Labute approximate surface area is 94.9 Å². The molecule has 1 atom stereocenters. The lowest BCUT2D eigenvalue weighted by Crippen LogP contribution is -2.53. The molecule has 0 aromatic heterocycles. The molecule has 0 spiro atoms. The van der Waals surface area contributed by atoms with E-state index in [0.29, 0.717) is 0 Å². The van der Waals surface area contributed by atoms with Crippen molar-refractivity contribution in [3.05, 3.63) is 0 Å². The molecular weight excluding hydrogens is 188 g/mol. The van der Waals surface area contributed by atoms with Gasteiger partial charge in [-0.05, 0) is 39.9 Å². The summed E-state index contributed by atoms with van der Waals surface area (Å²) in [5, 5.41) is 12.8. The molecule has 3 heteroatoms. The van der Waals surface area contributed by atoms with E-state index in [9.17, 15) is 5.11 Å². The molecule has 3 nitrogen and oxygen atoms in total. The third kappa shape index (κ3) is 6.88. The van der Waals surface area contributed by atoms with Crippen LogP contribution in [-0.4, -0.2) is 48.8 Å². The van der Waals surface area contributed by atoms with Crippen LogP contribution in [0.3, 0.4) is 0 Å². The smallest absolute Gasteiger partial charge is 0.0623 e. The predicted octanol–water partition coefficient (Wildman–Crippen LogP) is 1.47. The summed E-state index contributed by atoms with van der Waals surface area (Å²) in [6.07, 6.45) is 3.56. The number of likely N-dealkylation sites (N-methyl/N-ethyl adjacent to an activating group) is 1. The quantitative estimate of drug-likeness (QED) is 0.612. The molecule has 1 unspecified atom stereocenters. The van der Waals surface area contributed by atoms with E-state index in [1.165, 1.54) is 12.8 Å². The molecular formula is C12H28N2O. The fourth-order valence-corrected chi connectivity index (χ4v) is 1.69. The summed E-state index contributed by atoms with van der Waals surface area (Å²) in [6.45, 7) is 9.62. The number of nitrogens with one attached hydrogen (secondary N) is 1. The second-order valence-corrected chi connectivity index (χ2v) is 4.74. The summed E-state index contributed by atoms with van der Waals surface area (Å²) in [4.78, 5) is 2.29. The van der Waals surface area contributed by atoms with Crippen LogP contribution < -0.4 is 5.32 Å². The van der Waals surface area contributed by atoms with Crippen LogP contribution in [0.1, 0.15) is 40.0 Å². The Morgan fingerprint density at radius 1 is 1.27 bits per heavy atom. The van der Waals surface area contributed by atoms with E-state index in [0.717, 1.165) is 26.1 Å². The van der Waals surface area contributed by atoms with Crippen LogP contribution in [0.25, 0.3) is 0 Å². The molecule has 92 valence electrons. The van der Waals surface area contributed by atoms with Crippen LogP contribution in [0.2, 0.25) is 0 Å². The van der Waals surface area contributed by atoms with Gasteiger partial charge in [-0.15, -0.1) is 0 Å². The van der Waals surface area contributed by atoms with Crippen molar-refractivity contribution in [2.45, 2.75) is 45.6 Å². The summed E-state index contributed by atoms with van der Waals surface area (Å²) >= 11 is 0. The molecule has 0 heterocycles. The number of nitrogens with zero attached hydrogens (tertiary/aromatic N) is 1. The van der Waals surface area contributed by atoms with E-state index in [2.05, 4.69) is 38.0 Å². The van der Waals surface area contributed by atoms with Gasteiger partial charge in [0.1, 0.15) is 0 Å². The fraction of sp³-hybridized carbons (Fsp3) is 1.00. The molecule has 0 aromatic carbocycles. The first kappa shape index (κ1) is 14.9. The third-order valence-corrected chi connectivity index (χ3v) is 2.66. The second-order valence-electron chi connectivity index (χ2n) is 4.74. The van der Waals surface area contributed by atoms with Crippen molar-refractivity contribution in [2.24, 2.45) is 0 Å². The molecule has 0 aromatic rings. The van der Waals surface area contributed by atoms with Crippen LogP contribution in [0.5, 0.6) is 0 Å². The van der Waals surface area contributed by atoms with E-state index >= 15 is 0 Å². The summed E-state index contributed by atoms with van der Waals surface area (Å²) in [5.74, 6) is 0. The van der Waals surface area contributed by atoms with Gasteiger partial charge in [0, 0.05) is 6.54 Å². The molecule has 0 saturated carbocycles. The zero-order valence-electron chi connectivity index (χ0n) is 10.8. The molecule has 0 aliphatic carbocycles. The van der Waals surface area contributed by atoms with Crippen LogP contribution in [0.15, 0.2) is 0 Å². The lowest BCUT2D eigenvalue weighted by Gasteiger charge is -2.33. The van der Waals surface area contributed by atoms with Crippen molar-refractivity contribution in [1.29, 1.82) is 0 Å². The minimum absolute atomic E-state index is 0.154. The Morgan fingerprint density at radius 2 is 1.93 bits per heavy atom. The Kier molecular flexibility index (Phi) is 8.02. The van der Waals surface area contributed by atoms with Gasteiger partial charge in [-0.25, -0.2) is 0 Å². The first-order valence-corrected chi connectivity index (χ1v) is 6.12. The van der Waals surface area contributed by atoms with Gasteiger partial charge in [0.2, 0.25) is 0 Å². The Hall–Kier alpha value is -0.120. The molecule has 0 rings (SSSR count). The van der Waals surface area contributed by atoms with Crippen LogP contribution >= 0.6 is 0 Å². The number of hydrogen-bond donors (Lipinski definition) is 2. The number of aliphatic hydroxyl groups excluding tert-OH is 1. The maximum Gasteiger partial charge on any atom is 0.0623 e. The van der Waals surface area contributed by atoms with Gasteiger partial charge in [-0.1, -0.05) is 20.3 Å². The van der Waals surface area contributed by atoms with E-state index in [4.69, 9.17) is 0 Å². The van der Waals surface area contributed by atoms with Crippen LogP contribution in [0.4, 0.5) is 0 Å². The minimum atomic E-state index is -0.154. The molecule has 15 heavy (non-hydrogen) atoms. The van der Waals surface area contributed by atoms with Gasteiger partial charge in [-0.2, -0.15) is 0 Å². The lowest BCUT2D eigenvalue weighted by atomic mass is 10.0. The van der Waals surface area contributed by atoms with Crippen molar-refractivity contribution in [3.63, 3.8) is 0 Å². The maximum absolute atomic E-state index is 9.40. The largest absolute Gasteiger partial charge is 0.394 e. The lowest BCUT2D eigenvalue weighted by molar-refractivity contribution is 0.132. The molecule has 0 aliphatic rings. The number of aliphatic hydroxyl groups is 1. The highest BCUT2D eigenvalue weighted by atomic mass is 16.3.